The van der Waals surface area contributed by atoms with E-state index in [4.69, 9.17) is 4.74 Å². The Bertz CT molecular complexity index is 547. The van der Waals surface area contributed by atoms with Crippen molar-refractivity contribution in [3.63, 3.8) is 0 Å². The maximum absolute atomic E-state index is 12.6. The Morgan fingerprint density at radius 1 is 1.25 bits per heavy atom. The van der Waals surface area contributed by atoms with Crippen molar-refractivity contribution in [2.45, 2.75) is 58.1 Å². The van der Waals surface area contributed by atoms with E-state index in [1.165, 1.54) is 0 Å². The summed E-state index contributed by atoms with van der Waals surface area (Å²) >= 11 is 0. The van der Waals surface area contributed by atoms with Gasteiger partial charge in [0.05, 0.1) is 0 Å². The van der Waals surface area contributed by atoms with Gasteiger partial charge in [-0.15, -0.1) is 0 Å². The number of carbonyl (C=O) groups is 2. The molecule has 1 aromatic rings. The number of carbonyl (C=O) groups excluding carboxylic acids is 2. The van der Waals surface area contributed by atoms with E-state index in [0.29, 0.717) is 19.5 Å². The highest BCUT2D eigenvalue weighted by Crippen LogP contribution is 2.30. The number of rotatable bonds is 7. The summed E-state index contributed by atoms with van der Waals surface area (Å²) in [5.74, 6) is -0.0761. The molecule has 0 spiro atoms. The number of hydrogen-bond acceptors (Lipinski definition) is 3. The van der Waals surface area contributed by atoms with Crippen molar-refractivity contribution in [3.05, 3.63) is 35.9 Å². The van der Waals surface area contributed by atoms with Crippen LogP contribution in [0.25, 0.3) is 0 Å². The van der Waals surface area contributed by atoms with Crippen molar-refractivity contribution in [1.82, 2.24) is 10.2 Å². The van der Waals surface area contributed by atoms with Gasteiger partial charge in [0.1, 0.15) is 12.1 Å². The zero-order valence-corrected chi connectivity index (χ0v) is 14.7. The number of hydrogen-bond donors (Lipinski definition) is 1. The Morgan fingerprint density at radius 3 is 2.71 bits per heavy atom. The van der Waals surface area contributed by atoms with E-state index in [-0.39, 0.29) is 12.5 Å². The van der Waals surface area contributed by atoms with Crippen molar-refractivity contribution in [2.75, 3.05) is 13.1 Å². The largest absolute Gasteiger partial charge is 0.445 e. The van der Waals surface area contributed by atoms with Gasteiger partial charge in [-0.1, -0.05) is 50.1 Å². The molecule has 1 unspecified atom stereocenters. The second-order valence-electron chi connectivity index (χ2n) is 6.53. The van der Waals surface area contributed by atoms with Gasteiger partial charge in [0, 0.05) is 13.1 Å². The molecular weight excluding hydrogens is 304 g/mol. The zero-order valence-electron chi connectivity index (χ0n) is 14.7. The Morgan fingerprint density at radius 2 is 2.00 bits per heavy atom. The molecular formula is C19H28N2O3. The summed E-state index contributed by atoms with van der Waals surface area (Å²) in [6.07, 6.45) is 4.26. The normalized spacial score (nSPS) is 20.0. The lowest BCUT2D eigenvalue weighted by molar-refractivity contribution is -0.130. The van der Waals surface area contributed by atoms with Crippen LogP contribution in [-0.2, 0) is 16.1 Å². The van der Waals surface area contributed by atoms with Crippen molar-refractivity contribution in [1.29, 1.82) is 0 Å². The van der Waals surface area contributed by atoms with Crippen LogP contribution in [0.15, 0.2) is 30.3 Å². The van der Waals surface area contributed by atoms with Gasteiger partial charge in [0.15, 0.2) is 0 Å². The van der Waals surface area contributed by atoms with Gasteiger partial charge in [-0.25, -0.2) is 4.79 Å². The Kier molecular flexibility index (Phi) is 6.64. The predicted octanol–water partition coefficient (Wildman–Crippen LogP) is 3.48. The van der Waals surface area contributed by atoms with E-state index in [0.717, 1.165) is 31.2 Å². The van der Waals surface area contributed by atoms with Gasteiger partial charge in [-0.05, 0) is 31.7 Å². The molecule has 5 nitrogen and oxygen atoms in total. The average molecular weight is 332 g/mol. The van der Waals surface area contributed by atoms with Crippen molar-refractivity contribution >= 4 is 12.0 Å². The molecule has 1 N–H and O–H groups in total. The number of amides is 2. The molecule has 1 atom stereocenters. The monoisotopic (exact) mass is 332 g/mol. The van der Waals surface area contributed by atoms with Crippen LogP contribution in [0.3, 0.4) is 0 Å². The fourth-order valence-corrected chi connectivity index (χ4v) is 3.06. The summed E-state index contributed by atoms with van der Waals surface area (Å²) in [4.78, 5) is 26.6. The van der Waals surface area contributed by atoms with E-state index >= 15 is 0 Å². The molecule has 2 rings (SSSR count). The molecule has 0 bridgehead atoms. The molecule has 132 valence electrons. The first kappa shape index (κ1) is 18.3. The SMILES string of the molecule is CCCCCNC(=O)C1(C)CCCN1C(=O)OCc1ccccc1. The molecule has 2 amide bonds. The fraction of sp³-hybridized carbons (Fsp3) is 0.579. The highest BCUT2D eigenvalue weighted by Gasteiger charge is 2.46. The standard InChI is InChI=1S/C19H28N2O3/c1-3-4-8-13-20-17(22)19(2)12-9-14-21(19)18(23)24-15-16-10-6-5-7-11-16/h5-7,10-11H,3-4,8-9,12-15H2,1-2H3,(H,20,22). The van der Waals surface area contributed by atoms with Gasteiger partial charge in [-0.3, -0.25) is 9.69 Å². The zero-order chi connectivity index (χ0) is 17.4. The van der Waals surface area contributed by atoms with E-state index in [9.17, 15) is 9.59 Å². The highest BCUT2D eigenvalue weighted by molar-refractivity contribution is 5.90. The third-order valence-electron chi connectivity index (χ3n) is 4.62. The molecule has 5 heteroatoms. The van der Waals surface area contributed by atoms with Gasteiger partial charge < -0.3 is 10.1 Å². The molecule has 0 aromatic heterocycles. The molecule has 1 aromatic carbocycles. The third kappa shape index (κ3) is 4.49. The van der Waals surface area contributed by atoms with Crippen LogP contribution in [0, 0.1) is 0 Å². The van der Waals surface area contributed by atoms with Crippen LogP contribution in [0.2, 0.25) is 0 Å². The lowest BCUT2D eigenvalue weighted by Gasteiger charge is -2.33. The number of ether oxygens (including phenoxy) is 1. The number of unbranched alkanes of at least 4 members (excludes halogenated alkanes) is 2. The predicted molar refractivity (Wildman–Crippen MR) is 93.5 cm³/mol. The van der Waals surface area contributed by atoms with Crippen LogP contribution in [-0.4, -0.2) is 35.5 Å². The smallest absolute Gasteiger partial charge is 0.410 e. The maximum atomic E-state index is 12.6. The molecule has 0 saturated carbocycles. The van der Waals surface area contributed by atoms with Gasteiger partial charge >= 0.3 is 6.09 Å². The second kappa shape index (κ2) is 8.71. The first-order valence-corrected chi connectivity index (χ1v) is 8.84. The fourth-order valence-electron chi connectivity index (χ4n) is 3.06. The number of nitrogens with one attached hydrogen (secondary N) is 1. The lowest BCUT2D eigenvalue weighted by Crippen LogP contribution is -2.55. The summed E-state index contributed by atoms with van der Waals surface area (Å²) in [6, 6.07) is 9.57. The van der Waals surface area contributed by atoms with Crippen molar-refractivity contribution in [2.24, 2.45) is 0 Å². The van der Waals surface area contributed by atoms with Gasteiger partial charge in [-0.2, -0.15) is 0 Å². The summed E-state index contributed by atoms with van der Waals surface area (Å²) in [5.41, 5.74) is 0.135. The minimum absolute atomic E-state index is 0.0761. The van der Waals surface area contributed by atoms with Crippen LogP contribution < -0.4 is 5.32 Å². The first-order valence-electron chi connectivity index (χ1n) is 8.84. The quantitative estimate of drug-likeness (QED) is 0.778. The van der Waals surface area contributed by atoms with Crippen molar-refractivity contribution in [3.8, 4) is 0 Å². The van der Waals surface area contributed by atoms with Gasteiger partial charge in [0.25, 0.3) is 0 Å². The summed E-state index contributed by atoms with van der Waals surface area (Å²) in [6.45, 7) is 5.41. The molecule has 24 heavy (non-hydrogen) atoms. The second-order valence-corrected chi connectivity index (χ2v) is 6.53. The first-order chi connectivity index (χ1) is 11.6. The Balaban J connectivity index is 1.90. The Hall–Kier alpha value is -2.04. The topological polar surface area (TPSA) is 58.6 Å². The van der Waals surface area contributed by atoms with E-state index in [1.54, 1.807) is 4.90 Å². The summed E-state index contributed by atoms with van der Waals surface area (Å²) in [7, 11) is 0. The molecule has 1 aliphatic rings. The number of nitrogens with zero attached hydrogens (tertiary/aromatic N) is 1. The van der Waals surface area contributed by atoms with Crippen LogP contribution in [0.1, 0.15) is 51.5 Å². The molecule has 1 aliphatic heterocycles. The molecule has 1 saturated heterocycles. The minimum Gasteiger partial charge on any atom is -0.445 e. The van der Waals surface area contributed by atoms with E-state index in [2.05, 4.69) is 12.2 Å². The number of benzene rings is 1. The summed E-state index contributed by atoms with van der Waals surface area (Å²) in [5, 5.41) is 2.97. The van der Waals surface area contributed by atoms with Crippen LogP contribution in [0.5, 0.6) is 0 Å². The molecule has 0 aliphatic carbocycles. The molecule has 1 fully saturated rings. The van der Waals surface area contributed by atoms with E-state index in [1.807, 2.05) is 37.3 Å². The molecule has 0 radical (unpaired) electrons. The van der Waals surface area contributed by atoms with Crippen molar-refractivity contribution < 1.29 is 14.3 Å². The average Bonchev–Trinajstić information content (AvgIpc) is 3.00. The number of likely N-dealkylation sites (tertiary alicyclic amines) is 1. The van der Waals surface area contributed by atoms with Gasteiger partial charge in [0.2, 0.25) is 5.91 Å². The highest BCUT2D eigenvalue weighted by atomic mass is 16.6. The maximum Gasteiger partial charge on any atom is 0.410 e. The van der Waals surface area contributed by atoms with Crippen LogP contribution >= 0.6 is 0 Å². The third-order valence-corrected chi connectivity index (χ3v) is 4.62. The van der Waals surface area contributed by atoms with E-state index < -0.39 is 11.6 Å². The Labute approximate surface area is 144 Å². The lowest BCUT2D eigenvalue weighted by atomic mass is 9.98. The molecule has 1 heterocycles. The minimum atomic E-state index is -0.806. The summed E-state index contributed by atoms with van der Waals surface area (Å²) < 4.78 is 5.41. The van der Waals surface area contributed by atoms with Crippen LogP contribution in [0.4, 0.5) is 4.79 Å².